The number of nitrogens with zero attached hydrogens (tertiary/aromatic N) is 2. The summed E-state index contributed by atoms with van der Waals surface area (Å²) in [6, 6.07) is 16.5. The van der Waals surface area contributed by atoms with Crippen molar-refractivity contribution in [1.29, 1.82) is 5.26 Å². The molecule has 0 spiro atoms. The van der Waals surface area contributed by atoms with E-state index in [0.717, 1.165) is 31.2 Å². The van der Waals surface area contributed by atoms with Gasteiger partial charge in [-0.1, -0.05) is 37.3 Å². The predicted octanol–water partition coefficient (Wildman–Crippen LogP) is 4.70. The lowest BCUT2D eigenvalue weighted by Gasteiger charge is -2.29. The van der Waals surface area contributed by atoms with Gasteiger partial charge < -0.3 is 19.5 Å². The monoisotopic (exact) mass is 492 g/mol. The van der Waals surface area contributed by atoms with Crippen molar-refractivity contribution in [3.05, 3.63) is 64.7 Å². The number of aryl methyl sites for hydroxylation is 1. The molecule has 3 unspecified atom stereocenters. The molecule has 194 valence electrons. The summed E-state index contributed by atoms with van der Waals surface area (Å²) in [5.41, 5.74) is 4.24. The molecule has 0 saturated carbocycles. The molecule has 1 aliphatic carbocycles. The Morgan fingerprint density at radius 2 is 1.89 bits per heavy atom. The highest BCUT2D eigenvalue weighted by Gasteiger charge is 2.25. The number of fused-ring (bicyclic) bond motifs is 1. The topological polar surface area (TPSA) is 82.8 Å². The number of aliphatic hydroxyl groups excluding tert-OH is 1. The summed E-state index contributed by atoms with van der Waals surface area (Å²) in [6.07, 6.45) is 4.13. The van der Waals surface area contributed by atoms with Gasteiger partial charge in [0, 0.05) is 19.0 Å². The Morgan fingerprint density at radius 3 is 2.53 bits per heavy atom. The van der Waals surface area contributed by atoms with Crippen molar-refractivity contribution >= 4 is 5.97 Å². The number of carbonyl (C=O) groups excluding carboxylic acids is 1. The number of rotatable bonds is 13. The predicted molar refractivity (Wildman–Crippen MR) is 141 cm³/mol. The molecule has 0 radical (unpaired) electrons. The number of esters is 1. The minimum atomic E-state index is -0.682. The van der Waals surface area contributed by atoms with Crippen molar-refractivity contribution in [2.75, 3.05) is 20.2 Å². The summed E-state index contributed by atoms with van der Waals surface area (Å²) >= 11 is 0. The molecule has 0 heterocycles. The van der Waals surface area contributed by atoms with Crippen LogP contribution in [0.1, 0.15) is 62.3 Å². The molecular formula is C30H40N2O4. The Hall–Kier alpha value is -2.88. The molecular weight excluding hydrogens is 452 g/mol. The molecule has 0 amide bonds. The van der Waals surface area contributed by atoms with Gasteiger partial charge in [-0.05, 0) is 87.7 Å². The van der Waals surface area contributed by atoms with Crippen molar-refractivity contribution in [2.24, 2.45) is 5.92 Å². The molecule has 1 aliphatic rings. The van der Waals surface area contributed by atoms with E-state index in [1.807, 2.05) is 27.0 Å². The Balaban J connectivity index is 1.46. The molecule has 3 atom stereocenters. The van der Waals surface area contributed by atoms with Crippen LogP contribution in [0.2, 0.25) is 0 Å². The third-order valence-corrected chi connectivity index (χ3v) is 7.18. The number of benzene rings is 2. The van der Waals surface area contributed by atoms with Crippen LogP contribution in [-0.4, -0.2) is 54.4 Å². The lowest BCUT2D eigenvalue weighted by molar-refractivity contribution is -0.148. The van der Waals surface area contributed by atoms with E-state index in [2.05, 4.69) is 42.2 Å². The second-order valence-corrected chi connectivity index (χ2v) is 10.2. The summed E-state index contributed by atoms with van der Waals surface area (Å²) in [5.74, 6) is 0.839. The quantitative estimate of drug-likeness (QED) is 0.408. The van der Waals surface area contributed by atoms with Crippen molar-refractivity contribution in [3.63, 3.8) is 0 Å². The van der Waals surface area contributed by atoms with E-state index in [9.17, 15) is 15.2 Å². The molecule has 0 saturated heterocycles. The van der Waals surface area contributed by atoms with Crippen LogP contribution in [0.3, 0.4) is 0 Å². The molecule has 0 aromatic heterocycles. The van der Waals surface area contributed by atoms with Crippen LogP contribution in [0, 0.1) is 17.2 Å². The lowest BCUT2D eigenvalue weighted by atomic mass is 9.97. The Labute approximate surface area is 215 Å². The van der Waals surface area contributed by atoms with Crippen LogP contribution in [0.25, 0.3) is 0 Å². The van der Waals surface area contributed by atoms with Gasteiger partial charge in [0.1, 0.15) is 24.5 Å². The SMILES string of the molecule is CCC(C)OC(=O)CCc1ccc(C#N)c(OCC(O)CN(C)C(C)CC2Cc3ccccc3C2)c1. The number of hydrogen-bond donors (Lipinski definition) is 1. The van der Waals surface area contributed by atoms with Gasteiger partial charge in [0.25, 0.3) is 0 Å². The van der Waals surface area contributed by atoms with Crippen LogP contribution in [0.5, 0.6) is 5.75 Å². The van der Waals surface area contributed by atoms with Gasteiger partial charge in [-0.25, -0.2) is 0 Å². The van der Waals surface area contributed by atoms with Crippen LogP contribution in [0.15, 0.2) is 42.5 Å². The van der Waals surface area contributed by atoms with Crippen molar-refractivity contribution in [2.45, 2.75) is 77.5 Å². The average molecular weight is 493 g/mol. The largest absolute Gasteiger partial charge is 0.489 e. The number of aliphatic hydroxyl groups is 1. The zero-order chi connectivity index (χ0) is 26.1. The van der Waals surface area contributed by atoms with Crippen LogP contribution < -0.4 is 4.74 Å². The van der Waals surface area contributed by atoms with E-state index in [4.69, 9.17) is 9.47 Å². The first kappa shape index (κ1) is 27.7. The molecule has 2 aromatic carbocycles. The van der Waals surface area contributed by atoms with Gasteiger partial charge in [0.2, 0.25) is 0 Å². The van der Waals surface area contributed by atoms with Crippen LogP contribution in [-0.2, 0) is 28.8 Å². The lowest BCUT2D eigenvalue weighted by Crippen LogP contribution is -2.39. The standard InChI is InChI=1S/C30H40N2O4/c1-5-22(3)36-30(34)13-11-23-10-12-27(18-31)29(17-23)35-20-28(33)19-32(4)21(2)14-24-15-25-8-6-7-9-26(25)16-24/h6-10,12,17,21-22,24,28,33H,5,11,13-16,19-20H2,1-4H3. The first-order valence-corrected chi connectivity index (χ1v) is 13.1. The third-order valence-electron chi connectivity index (χ3n) is 7.18. The minimum absolute atomic E-state index is 0.0887. The smallest absolute Gasteiger partial charge is 0.306 e. The maximum absolute atomic E-state index is 12.0. The normalized spacial score (nSPS) is 15.7. The Bertz CT molecular complexity index is 1020. The molecule has 36 heavy (non-hydrogen) atoms. The van der Waals surface area contributed by atoms with E-state index in [-0.39, 0.29) is 25.1 Å². The molecule has 0 aliphatic heterocycles. The van der Waals surface area contributed by atoms with Crippen LogP contribution in [0.4, 0.5) is 0 Å². The number of nitriles is 1. The molecule has 0 fully saturated rings. The van der Waals surface area contributed by atoms with Gasteiger partial charge >= 0.3 is 5.97 Å². The van der Waals surface area contributed by atoms with Crippen molar-refractivity contribution < 1.29 is 19.4 Å². The summed E-state index contributed by atoms with van der Waals surface area (Å²) in [4.78, 5) is 14.2. The van der Waals surface area contributed by atoms with Crippen molar-refractivity contribution in [3.8, 4) is 11.8 Å². The number of ether oxygens (including phenoxy) is 2. The van der Waals surface area contributed by atoms with E-state index >= 15 is 0 Å². The fourth-order valence-electron chi connectivity index (χ4n) is 4.78. The van der Waals surface area contributed by atoms with Crippen LogP contribution >= 0.6 is 0 Å². The fraction of sp³-hybridized carbons (Fsp3) is 0.533. The van der Waals surface area contributed by atoms with E-state index in [1.54, 1.807) is 12.1 Å². The fourth-order valence-corrected chi connectivity index (χ4v) is 4.78. The highest BCUT2D eigenvalue weighted by atomic mass is 16.5. The summed E-state index contributed by atoms with van der Waals surface area (Å²) < 4.78 is 11.2. The highest BCUT2D eigenvalue weighted by molar-refractivity contribution is 5.70. The molecule has 0 bridgehead atoms. The van der Waals surface area contributed by atoms with Gasteiger partial charge in [0.05, 0.1) is 11.7 Å². The van der Waals surface area contributed by atoms with Gasteiger partial charge in [0.15, 0.2) is 0 Å². The first-order valence-electron chi connectivity index (χ1n) is 13.1. The first-order chi connectivity index (χ1) is 17.3. The summed E-state index contributed by atoms with van der Waals surface area (Å²) in [5, 5.41) is 20.1. The second kappa shape index (κ2) is 13.4. The van der Waals surface area contributed by atoms with Gasteiger partial charge in [-0.2, -0.15) is 5.26 Å². The number of hydrogen-bond acceptors (Lipinski definition) is 6. The number of likely N-dealkylation sites (N-methyl/N-ethyl adjacent to an activating group) is 1. The van der Waals surface area contributed by atoms with Crippen molar-refractivity contribution in [1.82, 2.24) is 4.90 Å². The Morgan fingerprint density at radius 1 is 1.19 bits per heavy atom. The summed E-state index contributed by atoms with van der Waals surface area (Å²) in [6.45, 7) is 6.65. The number of carbonyl (C=O) groups is 1. The van der Waals surface area contributed by atoms with E-state index < -0.39 is 6.10 Å². The molecule has 1 N–H and O–H groups in total. The Kier molecular flexibility index (Phi) is 10.3. The van der Waals surface area contributed by atoms with E-state index in [1.165, 1.54) is 11.1 Å². The summed E-state index contributed by atoms with van der Waals surface area (Å²) in [7, 11) is 2.04. The highest BCUT2D eigenvalue weighted by Crippen LogP contribution is 2.30. The zero-order valence-corrected chi connectivity index (χ0v) is 22.1. The molecule has 3 rings (SSSR count). The van der Waals surface area contributed by atoms with Gasteiger partial charge in [-0.15, -0.1) is 0 Å². The second-order valence-electron chi connectivity index (χ2n) is 10.2. The molecule has 2 aromatic rings. The minimum Gasteiger partial charge on any atom is -0.489 e. The zero-order valence-electron chi connectivity index (χ0n) is 22.1. The maximum atomic E-state index is 12.0. The molecule has 6 heteroatoms. The maximum Gasteiger partial charge on any atom is 0.306 e. The van der Waals surface area contributed by atoms with Gasteiger partial charge in [-0.3, -0.25) is 4.79 Å². The van der Waals surface area contributed by atoms with E-state index in [0.29, 0.717) is 36.2 Å². The third kappa shape index (κ3) is 8.08. The molecule has 6 nitrogen and oxygen atoms in total. The average Bonchev–Trinajstić information content (AvgIpc) is 3.28.